The van der Waals surface area contributed by atoms with Crippen LogP contribution in [0.2, 0.25) is 0 Å². The summed E-state index contributed by atoms with van der Waals surface area (Å²) in [7, 11) is 0. The topological polar surface area (TPSA) is 66.2 Å². The van der Waals surface area contributed by atoms with Crippen LogP contribution in [0.5, 0.6) is 11.8 Å². The summed E-state index contributed by atoms with van der Waals surface area (Å²) in [6, 6.07) is 14.9. The second-order valence-corrected chi connectivity index (χ2v) is 4.82. The molecule has 3 rings (SSSR count). The van der Waals surface area contributed by atoms with Gasteiger partial charge in [0.1, 0.15) is 5.75 Å². The van der Waals surface area contributed by atoms with Crippen molar-refractivity contribution in [1.82, 2.24) is 9.97 Å². The second-order valence-electron chi connectivity index (χ2n) is 4.82. The summed E-state index contributed by atoms with van der Waals surface area (Å²) in [6.45, 7) is 1.87. The van der Waals surface area contributed by atoms with Gasteiger partial charge in [0.15, 0.2) is 0 Å². The first-order chi connectivity index (χ1) is 10.1. The molecule has 0 saturated heterocycles. The SMILES string of the molecule is Cc1cc(-c2ccc(-c3ccnc(O)n3)cc2)ccc1O. The molecule has 2 aromatic carbocycles. The molecule has 0 spiro atoms. The number of aromatic hydroxyl groups is 2. The highest BCUT2D eigenvalue weighted by molar-refractivity contribution is 5.69. The van der Waals surface area contributed by atoms with Gasteiger partial charge in [0.25, 0.3) is 0 Å². The van der Waals surface area contributed by atoms with E-state index < -0.39 is 0 Å². The van der Waals surface area contributed by atoms with Crippen molar-refractivity contribution >= 4 is 0 Å². The van der Waals surface area contributed by atoms with E-state index >= 15 is 0 Å². The van der Waals surface area contributed by atoms with E-state index in [4.69, 9.17) is 0 Å². The predicted octanol–water partition coefficient (Wildman–Crippen LogP) is 3.53. The maximum Gasteiger partial charge on any atom is 0.314 e. The van der Waals surface area contributed by atoms with Crippen molar-refractivity contribution in [3.8, 4) is 34.1 Å². The van der Waals surface area contributed by atoms with Crippen molar-refractivity contribution in [2.24, 2.45) is 0 Å². The van der Waals surface area contributed by atoms with Gasteiger partial charge >= 0.3 is 6.01 Å². The molecule has 3 aromatic rings. The minimum Gasteiger partial charge on any atom is -0.508 e. The molecule has 0 fully saturated rings. The fraction of sp³-hybridized carbons (Fsp3) is 0.0588. The molecule has 1 heterocycles. The summed E-state index contributed by atoms with van der Waals surface area (Å²) < 4.78 is 0. The summed E-state index contributed by atoms with van der Waals surface area (Å²) >= 11 is 0. The Kier molecular flexibility index (Phi) is 3.28. The first-order valence-electron chi connectivity index (χ1n) is 6.56. The molecule has 0 radical (unpaired) electrons. The maximum atomic E-state index is 9.57. The van der Waals surface area contributed by atoms with Crippen molar-refractivity contribution in [1.29, 1.82) is 0 Å². The molecule has 21 heavy (non-hydrogen) atoms. The van der Waals surface area contributed by atoms with Crippen LogP contribution in [0.3, 0.4) is 0 Å². The zero-order valence-corrected chi connectivity index (χ0v) is 11.5. The molecule has 4 nitrogen and oxygen atoms in total. The van der Waals surface area contributed by atoms with Gasteiger partial charge in [-0.05, 0) is 41.8 Å². The lowest BCUT2D eigenvalue weighted by Gasteiger charge is -2.06. The highest BCUT2D eigenvalue weighted by atomic mass is 16.3. The van der Waals surface area contributed by atoms with E-state index in [0.717, 1.165) is 22.3 Å². The van der Waals surface area contributed by atoms with Gasteiger partial charge in [0, 0.05) is 11.8 Å². The quantitative estimate of drug-likeness (QED) is 0.752. The Morgan fingerprint density at radius 3 is 2.14 bits per heavy atom. The Balaban J connectivity index is 1.95. The van der Waals surface area contributed by atoms with Crippen LogP contribution in [0.4, 0.5) is 0 Å². The Labute approximate surface area is 122 Å². The van der Waals surface area contributed by atoms with Gasteiger partial charge in [-0.15, -0.1) is 0 Å². The molecule has 2 N–H and O–H groups in total. The van der Waals surface area contributed by atoms with E-state index in [9.17, 15) is 10.2 Å². The van der Waals surface area contributed by atoms with Gasteiger partial charge in [-0.1, -0.05) is 30.3 Å². The minimum atomic E-state index is -0.231. The predicted molar refractivity (Wildman–Crippen MR) is 81.0 cm³/mol. The van der Waals surface area contributed by atoms with Gasteiger partial charge < -0.3 is 10.2 Å². The first kappa shape index (κ1) is 13.1. The Bertz CT molecular complexity index is 783. The fourth-order valence-electron chi connectivity index (χ4n) is 2.18. The number of hydrogen-bond donors (Lipinski definition) is 2. The van der Waals surface area contributed by atoms with Gasteiger partial charge in [-0.2, -0.15) is 4.98 Å². The lowest BCUT2D eigenvalue weighted by molar-refractivity contribution is 0.431. The number of aromatic nitrogens is 2. The number of aryl methyl sites for hydroxylation is 1. The van der Waals surface area contributed by atoms with E-state index in [1.165, 1.54) is 6.20 Å². The van der Waals surface area contributed by atoms with Crippen LogP contribution in [0, 0.1) is 6.92 Å². The molecule has 0 amide bonds. The Hall–Kier alpha value is -2.88. The fourth-order valence-corrected chi connectivity index (χ4v) is 2.18. The summed E-state index contributed by atoms with van der Waals surface area (Å²) in [5.41, 5.74) is 4.53. The van der Waals surface area contributed by atoms with Crippen LogP contribution < -0.4 is 0 Å². The van der Waals surface area contributed by atoms with Crippen molar-refractivity contribution in [2.75, 3.05) is 0 Å². The molecular weight excluding hydrogens is 264 g/mol. The monoisotopic (exact) mass is 278 g/mol. The number of phenols is 1. The van der Waals surface area contributed by atoms with Gasteiger partial charge in [0.2, 0.25) is 0 Å². The van der Waals surface area contributed by atoms with Crippen molar-refractivity contribution in [3.05, 3.63) is 60.3 Å². The molecule has 0 bridgehead atoms. The standard InChI is InChI=1S/C17H14N2O2/c1-11-10-14(6-7-16(11)20)12-2-4-13(5-3-12)15-8-9-18-17(21)19-15/h2-10,20H,1H3,(H,18,19,21). The average Bonchev–Trinajstić information content (AvgIpc) is 2.50. The van der Waals surface area contributed by atoms with Crippen LogP contribution >= 0.6 is 0 Å². The highest BCUT2D eigenvalue weighted by Crippen LogP contribution is 2.27. The van der Waals surface area contributed by atoms with Crippen molar-refractivity contribution < 1.29 is 10.2 Å². The number of nitrogens with zero attached hydrogens (tertiary/aromatic N) is 2. The third-order valence-corrected chi connectivity index (χ3v) is 3.35. The van der Waals surface area contributed by atoms with Crippen LogP contribution in [0.1, 0.15) is 5.56 Å². The summed E-state index contributed by atoms with van der Waals surface area (Å²) in [5, 5.41) is 18.9. The minimum absolute atomic E-state index is 0.231. The van der Waals surface area contributed by atoms with Crippen LogP contribution in [0.15, 0.2) is 54.7 Å². The third kappa shape index (κ3) is 2.69. The number of benzene rings is 2. The smallest absolute Gasteiger partial charge is 0.314 e. The number of rotatable bonds is 2. The van der Waals surface area contributed by atoms with Gasteiger partial charge in [0.05, 0.1) is 5.69 Å². The zero-order valence-electron chi connectivity index (χ0n) is 11.5. The van der Waals surface area contributed by atoms with E-state index in [1.54, 1.807) is 12.1 Å². The Morgan fingerprint density at radius 2 is 1.48 bits per heavy atom. The lowest BCUT2D eigenvalue weighted by atomic mass is 10.0. The molecule has 0 aliphatic rings. The molecule has 0 unspecified atom stereocenters. The van der Waals surface area contributed by atoms with Gasteiger partial charge in [-0.3, -0.25) is 0 Å². The molecular formula is C17H14N2O2. The molecule has 0 atom stereocenters. The maximum absolute atomic E-state index is 9.57. The van der Waals surface area contributed by atoms with Gasteiger partial charge in [-0.25, -0.2) is 4.98 Å². The average molecular weight is 278 g/mol. The number of hydrogen-bond acceptors (Lipinski definition) is 4. The molecule has 4 heteroatoms. The van der Waals surface area contributed by atoms with E-state index in [1.807, 2.05) is 43.3 Å². The zero-order chi connectivity index (χ0) is 14.8. The molecule has 0 saturated carbocycles. The highest BCUT2D eigenvalue weighted by Gasteiger charge is 2.04. The van der Waals surface area contributed by atoms with Crippen LogP contribution in [-0.2, 0) is 0 Å². The van der Waals surface area contributed by atoms with E-state index in [0.29, 0.717) is 11.4 Å². The van der Waals surface area contributed by atoms with Crippen LogP contribution in [-0.4, -0.2) is 20.2 Å². The largest absolute Gasteiger partial charge is 0.508 e. The molecule has 0 aliphatic carbocycles. The molecule has 1 aromatic heterocycles. The summed E-state index contributed by atoms with van der Waals surface area (Å²) in [5.74, 6) is 0.298. The number of phenolic OH excluding ortho intramolecular Hbond substituents is 1. The van der Waals surface area contributed by atoms with Crippen molar-refractivity contribution in [3.63, 3.8) is 0 Å². The lowest BCUT2D eigenvalue weighted by Crippen LogP contribution is -1.86. The first-order valence-corrected chi connectivity index (χ1v) is 6.56. The third-order valence-electron chi connectivity index (χ3n) is 3.35. The van der Waals surface area contributed by atoms with E-state index in [2.05, 4.69) is 9.97 Å². The Morgan fingerprint density at radius 1 is 0.810 bits per heavy atom. The van der Waals surface area contributed by atoms with Crippen molar-refractivity contribution in [2.45, 2.75) is 6.92 Å². The van der Waals surface area contributed by atoms with E-state index in [-0.39, 0.29) is 6.01 Å². The summed E-state index contributed by atoms with van der Waals surface area (Å²) in [4.78, 5) is 7.65. The second kappa shape index (κ2) is 5.25. The molecule has 104 valence electrons. The van der Waals surface area contributed by atoms with Crippen LogP contribution in [0.25, 0.3) is 22.4 Å². The molecule has 0 aliphatic heterocycles. The summed E-state index contributed by atoms with van der Waals surface area (Å²) in [6.07, 6.45) is 1.52. The normalized spacial score (nSPS) is 10.5.